The summed E-state index contributed by atoms with van der Waals surface area (Å²) in [5.41, 5.74) is 6.85. The lowest BCUT2D eigenvalue weighted by molar-refractivity contribution is 0.299. The van der Waals surface area contributed by atoms with Crippen molar-refractivity contribution in [1.29, 1.82) is 0 Å². The molecule has 108 valence electrons. The number of hydrogen-bond acceptors (Lipinski definition) is 5. The first-order valence-corrected chi connectivity index (χ1v) is 6.24. The van der Waals surface area contributed by atoms with Crippen LogP contribution < -0.4 is 19.9 Å². The Balaban J connectivity index is 2.98. The molecule has 0 fully saturated rings. The van der Waals surface area contributed by atoms with Gasteiger partial charge in [-0.2, -0.15) is 0 Å². The van der Waals surface area contributed by atoms with Crippen LogP contribution in [0.4, 0.5) is 0 Å². The van der Waals surface area contributed by atoms with Crippen LogP contribution in [-0.4, -0.2) is 45.9 Å². The molecule has 0 radical (unpaired) electrons. The topological polar surface area (TPSA) is 57.0 Å². The molecule has 1 aromatic carbocycles. The summed E-state index contributed by atoms with van der Waals surface area (Å²) in [7, 11) is 6.91. The molecule has 0 saturated carbocycles. The highest BCUT2D eigenvalue weighted by atomic mass is 16.5. The van der Waals surface area contributed by atoms with Crippen molar-refractivity contribution in [2.24, 2.45) is 5.73 Å². The van der Waals surface area contributed by atoms with Gasteiger partial charge in [0.25, 0.3) is 0 Å². The highest BCUT2D eigenvalue weighted by Crippen LogP contribution is 2.35. The van der Waals surface area contributed by atoms with Gasteiger partial charge in [0.2, 0.25) is 0 Å². The van der Waals surface area contributed by atoms with Gasteiger partial charge in [0.05, 0.1) is 21.3 Å². The molecule has 0 aliphatic heterocycles. The van der Waals surface area contributed by atoms with Crippen LogP contribution >= 0.6 is 0 Å². The highest BCUT2D eigenvalue weighted by molar-refractivity contribution is 5.50. The first-order chi connectivity index (χ1) is 9.01. The fourth-order valence-corrected chi connectivity index (χ4v) is 2.06. The molecule has 19 heavy (non-hydrogen) atoms. The molecule has 0 saturated heterocycles. The average Bonchev–Trinajstić information content (AvgIpc) is 2.37. The molecule has 1 unspecified atom stereocenters. The van der Waals surface area contributed by atoms with Crippen LogP contribution in [0.2, 0.25) is 0 Å². The summed E-state index contributed by atoms with van der Waals surface area (Å²) in [6, 6.07) is 3.92. The number of rotatable bonds is 7. The van der Waals surface area contributed by atoms with E-state index in [0.717, 1.165) is 24.4 Å². The molecule has 1 atom stereocenters. The third-order valence-corrected chi connectivity index (χ3v) is 2.83. The van der Waals surface area contributed by atoms with Gasteiger partial charge in [-0.15, -0.1) is 0 Å². The Bertz CT molecular complexity index is 408. The van der Waals surface area contributed by atoms with E-state index >= 15 is 0 Å². The summed E-state index contributed by atoms with van der Waals surface area (Å²) in [5, 5.41) is 0. The quantitative estimate of drug-likeness (QED) is 0.812. The molecule has 0 amide bonds. The lowest BCUT2D eigenvalue weighted by Gasteiger charge is -2.21. The van der Waals surface area contributed by atoms with Gasteiger partial charge in [0, 0.05) is 30.8 Å². The lowest BCUT2D eigenvalue weighted by atomic mass is 10.1. The third-order valence-electron chi connectivity index (χ3n) is 2.83. The van der Waals surface area contributed by atoms with Crippen LogP contribution in [0.5, 0.6) is 17.2 Å². The second-order valence-electron chi connectivity index (χ2n) is 4.69. The fourth-order valence-electron chi connectivity index (χ4n) is 2.06. The van der Waals surface area contributed by atoms with Crippen LogP contribution in [0, 0.1) is 0 Å². The SMILES string of the molecule is COc1cc(OC)c(OC)cc1CN(C)CC(C)N. The van der Waals surface area contributed by atoms with Gasteiger partial charge in [-0.25, -0.2) is 0 Å². The Morgan fingerprint density at radius 2 is 1.58 bits per heavy atom. The summed E-state index contributed by atoms with van der Waals surface area (Å²) in [6.07, 6.45) is 0. The summed E-state index contributed by atoms with van der Waals surface area (Å²) in [5.74, 6) is 2.15. The van der Waals surface area contributed by atoms with E-state index in [2.05, 4.69) is 4.90 Å². The molecule has 1 rings (SSSR count). The molecule has 5 nitrogen and oxygen atoms in total. The number of likely N-dealkylation sites (N-methyl/N-ethyl adjacent to an activating group) is 1. The Hall–Kier alpha value is -1.46. The standard InChI is InChI=1S/C14H24N2O3/c1-10(15)8-16(2)9-11-6-13(18-4)14(19-5)7-12(11)17-3/h6-7,10H,8-9,15H2,1-5H3. The molecular formula is C14H24N2O3. The van der Waals surface area contributed by atoms with Crippen molar-refractivity contribution in [2.45, 2.75) is 19.5 Å². The van der Waals surface area contributed by atoms with Crippen LogP contribution in [0.15, 0.2) is 12.1 Å². The van der Waals surface area contributed by atoms with E-state index in [1.165, 1.54) is 0 Å². The zero-order chi connectivity index (χ0) is 14.4. The van der Waals surface area contributed by atoms with Crippen LogP contribution in [0.3, 0.4) is 0 Å². The third kappa shape index (κ3) is 4.29. The largest absolute Gasteiger partial charge is 0.496 e. The molecule has 0 spiro atoms. The first-order valence-electron chi connectivity index (χ1n) is 6.24. The van der Waals surface area contributed by atoms with Gasteiger partial charge < -0.3 is 24.8 Å². The smallest absolute Gasteiger partial charge is 0.164 e. The van der Waals surface area contributed by atoms with Gasteiger partial charge >= 0.3 is 0 Å². The van der Waals surface area contributed by atoms with Gasteiger partial charge in [0.15, 0.2) is 11.5 Å². The number of ether oxygens (including phenoxy) is 3. The maximum Gasteiger partial charge on any atom is 0.164 e. The summed E-state index contributed by atoms with van der Waals surface area (Å²) >= 11 is 0. The summed E-state index contributed by atoms with van der Waals surface area (Å²) < 4.78 is 16.0. The Morgan fingerprint density at radius 3 is 2.05 bits per heavy atom. The molecule has 0 aliphatic carbocycles. The molecular weight excluding hydrogens is 244 g/mol. The molecule has 0 aromatic heterocycles. The van der Waals surface area contributed by atoms with E-state index in [1.807, 2.05) is 26.1 Å². The monoisotopic (exact) mass is 268 g/mol. The van der Waals surface area contributed by atoms with Crippen molar-refractivity contribution in [3.05, 3.63) is 17.7 Å². The summed E-state index contributed by atoms with van der Waals surface area (Å²) in [4.78, 5) is 2.15. The zero-order valence-electron chi connectivity index (χ0n) is 12.4. The molecule has 2 N–H and O–H groups in total. The molecule has 0 aliphatic rings. The minimum Gasteiger partial charge on any atom is -0.496 e. The first kappa shape index (κ1) is 15.6. The van der Waals surface area contributed by atoms with Crippen molar-refractivity contribution in [1.82, 2.24) is 4.90 Å². The van der Waals surface area contributed by atoms with Crippen molar-refractivity contribution >= 4 is 0 Å². The number of nitrogens with two attached hydrogens (primary N) is 1. The van der Waals surface area contributed by atoms with Gasteiger partial charge in [-0.05, 0) is 20.0 Å². The molecule has 0 bridgehead atoms. The predicted octanol–water partition coefficient (Wildman–Crippen LogP) is 1.49. The minimum absolute atomic E-state index is 0.135. The normalized spacial score (nSPS) is 12.4. The highest BCUT2D eigenvalue weighted by Gasteiger charge is 2.13. The zero-order valence-corrected chi connectivity index (χ0v) is 12.4. The van der Waals surface area contributed by atoms with E-state index < -0.39 is 0 Å². The summed E-state index contributed by atoms with van der Waals surface area (Å²) in [6.45, 7) is 3.55. The predicted molar refractivity (Wildman–Crippen MR) is 76.1 cm³/mol. The van der Waals surface area contributed by atoms with E-state index in [4.69, 9.17) is 19.9 Å². The van der Waals surface area contributed by atoms with Crippen molar-refractivity contribution < 1.29 is 14.2 Å². The molecule has 0 heterocycles. The Labute approximate surface area is 115 Å². The second-order valence-corrected chi connectivity index (χ2v) is 4.69. The van der Waals surface area contributed by atoms with Crippen LogP contribution in [0.25, 0.3) is 0 Å². The second kappa shape index (κ2) is 7.21. The van der Waals surface area contributed by atoms with Gasteiger partial charge in [-0.3, -0.25) is 0 Å². The average molecular weight is 268 g/mol. The maximum atomic E-state index is 5.80. The van der Waals surface area contributed by atoms with E-state index in [0.29, 0.717) is 11.5 Å². The number of methoxy groups -OCH3 is 3. The number of benzene rings is 1. The van der Waals surface area contributed by atoms with Gasteiger partial charge in [-0.1, -0.05) is 0 Å². The molecule has 1 aromatic rings. The lowest BCUT2D eigenvalue weighted by Crippen LogP contribution is -2.32. The fraction of sp³-hybridized carbons (Fsp3) is 0.571. The Morgan fingerprint density at radius 1 is 1.05 bits per heavy atom. The van der Waals surface area contributed by atoms with Gasteiger partial charge in [0.1, 0.15) is 5.75 Å². The van der Waals surface area contributed by atoms with Crippen molar-refractivity contribution in [3.63, 3.8) is 0 Å². The van der Waals surface area contributed by atoms with Crippen molar-refractivity contribution in [2.75, 3.05) is 34.9 Å². The number of nitrogens with zero attached hydrogens (tertiary/aromatic N) is 1. The Kier molecular flexibility index (Phi) is 5.92. The minimum atomic E-state index is 0.135. The van der Waals surface area contributed by atoms with E-state index in [1.54, 1.807) is 21.3 Å². The maximum absolute atomic E-state index is 5.80. The van der Waals surface area contributed by atoms with Crippen molar-refractivity contribution in [3.8, 4) is 17.2 Å². The van der Waals surface area contributed by atoms with Crippen LogP contribution in [-0.2, 0) is 6.54 Å². The van der Waals surface area contributed by atoms with E-state index in [-0.39, 0.29) is 6.04 Å². The van der Waals surface area contributed by atoms with E-state index in [9.17, 15) is 0 Å². The van der Waals surface area contributed by atoms with Crippen LogP contribution in [0.1, 0.15) is 12.5 Å². The molecule has 5 heteroatoms. The number of hydrogen-bond donors (Lipinski definition) is 1.